The van der Waals surface area contributed by atoms with E-state index in [1.165, 1.54) is 29.2 Å². The number of sulfonamides is 1. The van der Waals surface area contributed by atoms with Crippen molar-refractivity contribution >= 4 is 63.0 Å². The second-order valence-corrected chi connectivity index (χ2v) is 17.4. The summed E-state index contributed by atoms with van der Waals surface area (Å²) in [7, 11) is -4.20. The zero-order valence-corrected chi connectivity index (χ0v) is 35.0. The van der Waals surface area contributed by atoms with E-state index < -0.39 is 88.2 Å². The number of alkyl carbamates (subject to hydrolysis) is 1. The lowest BCUT2D eigenvalue weighted by molar-refractivity contribution is -0.143. The Morgan fingerprint density at radius 1 is 0.932 bits per heavy atom. The van der Waals surface area contributed by atoms with Crippen LogP contribution in [0, 0.1) is 11.8 Å². The van der Waals surface area contributed by atoms with Gasteiger partial charge in [0.15, 0.2) is 0 Å². The average molecular weight is 860 g/mol. The molecule has 2 aromatic carbocycles. The first kappa shape index (κ1) is 46.6. The van der Waals surface area contributed by atoms with Gasteiger partial charge in [-0.3, -0.25) is 28.8 Å². The molecule has 0 radical (unpaired) electrons. The van der Waals surface area contributed by atoms with Crippen molar-refractivity contribution in [1.29, 1.82) is 0 Å². The maximum atomic E-state index is 14.6. The summed E-state index contributed by atoms with van der Waals surface area (Å²) in [5, 5.41) is 10.1. The molecule has 17 nitrogen and oxygen atoms in total. The number of hydrogen-bond donors (Lipinski definition) is 6. The van der Waals surface area contributed by atoms with Crippen molar-refractivity contribution in [2.45, 2.75) is 107 Å². The number of nitrogens with zero attached hydrogens (tertiary/aromatic N) is 1. The number of halogens is 1. The van der Waals surface area contributed by atoms with Crippen molar-refractivity contribution in [2.75, 3.05) is 19.7 Å². The van der Waals surface area contributed by atoms with Crippen LogP contribution in [-0.4, -0.2) is 98.6 Å². The van der Waals surface area contributed by atoms with E-state index in [4.69, 9.17) is 22.1 Å². The molecular weight excluding hydrogens is 806 g/mol. The molecule has 4 rings (SSSR count). The van der Waals surface area contributed by atoms with Crippen LogP contribution < -0.4 is 31.7 Å². The summed E-state index contributed by atoms with van der Waals surface area (Å²) in [6, 6.07) is 7.74. The number of carbonyl (C=O) groups is 7. The van der Waals surface area contributed by atoms with Crippen LogP contribution in [-0.2, 0) is 43.5 Å². The van der Waals surface area contributed by atoms with E-state index in [2.05, 4.69) is 26.0 Å². The Kier molecular flexibility index (Phi) is 17.2. The summed E-state index contributed by atoms with van der Waals surface area (Å²) >= 11 is 6.06. The lowest BCUT2D eigenvalue weighted by Gasteiger charge is -2.34. The SMILES string of the molecule is CCCC(NC(=O)C1C[C@H](NS(=O)(=O)c2cccc(Cl)c2)CN1C(=O)[C@H](NC(=O)OCC(C)C)C1CCCCC1)C(=O)C(=O)NCC(=O)N[C@@H](C(N)=O)c1ccccc1. The Balaban J connectivity index is 1.54. The molecular formula is C40H54ClN7O10S. The summed E-state index contributed by atoms with van der Waals surface area (Å²) in [6.45, 7) is 4.59. The van der Waals surface area contributed by atoms with E-state index in [1.54, 1.807) is 37.3 Å². The third kappa shape index (κ3) is 13.5. The number of hydrogen-bond acceptors (Lipinski definition) is 10. The lowest BCUT2D eigenvalue weighted by atomic mass is 9.83. The van der Waals surface area contributed by atoms with Gasteiger partial charge in [-0.05, 0) is 61.3 Å². The first-order chi connectivity index (χ1) is 28.0. The molecule has 2 aromatic rings. The molecule has 2 unspecified atom stereocenters. The normalized spacial score (nSPS) is 18.6. The number of nitrogens with two attached hydrogens (primary N) is 1. The summed E-state index contributed by atoms with van der Waals surface area (Å²) in [5.41, 5.74) is 5.88. The van der Waals surface area contributed by atoms with Crippen LogP contribution >= 0.6 is 11.6 Å². The molecule has 1 saturated heterocycles. The molecule has 1 aliphatic carbocycles. The Hall–Kier alpha value is -5.07. The first-order valence-electron chi connectivity index (χ1n) is 19.8. The standard InChI is InChI=1S/C40H54ClN7O10S/c1-4-12-30(35(50)38(53)43-21-32(49)45-33(36(42)51)25-13-7-5-8-14-25)44-37(52)31-20-28(47-59(56,57)29-18-11-17-27(41)19-29)22-48(31)39(54)34(26-15-9-6-10-16-26)46-40(55)58-23-24(2)3/h5,7-8,11,13-14,17-19,24,26,28,30-31,33-34,47H,4,6,9-10,12,15-16,20-23H2,1-3H3,(H2,42,51)(H,43,53)(H,44,52)(H,45,49)(H,46,55)/t28-,30?,31?,33+,34+/m0/s1. The van der Waals surface area contributed by atoms with E-state index in [0.29, 0.717) is 24.8 Å². The topological polar surface area (TPSA) is 252 Å². The number of benzene rings is 2. The number of likely N-dealkylation sites (tertiary alicyclic amines) is 1. The molecule has 2 aliphatic rings. The van der Waals surface area contributed by atoms with Gasteiger partial charge in [0.2, 0.25) is 39.4 Å². The highest BCUT2D eigenvalue weighted by molar-refractivity contribution is 7.89. The predicted octanol–water partition coefficient (Wildman–Crippen LogP) is 2.23. The molecule has 0 spiro atoms. The molecule has 19 heteroatoms. The van der Waals surface area contributed by atoms with Gasteiger partial charge in [0.1, 0.15) is 18.1 Å². The molecule has 1 saturated carbocycles. The Labute approximate surface area is 349 Å². The van der Waals surface area contributed by atoms with Crippen LogP contribution in [0.15, 0.2) is 59.5 Å². The van der Waals surface area contributed by atoms with E-state index in [0.717, 1.165) is 19.3 Å². The number of ketones is 1. The minimum atomic E-state index is -4.20. The molecule has 5 atom stereocenters. The number of ether oxygens (including phenoxy) is 1. The quantitative estimate of drug-likeness (QED) is 0.112. The first-order valence-corrected chi connectivity index (χ1v) is 21.6. The van der Waals surface area contributed by atoms with Gasteiger partial charge < -0.3 is 36.6 Å². The van der Waals surface area contributed by atoms with E-state index in [-0.39, 0.29) is 47.7 Å². The van der Waals surface area contributed by atoms with Crippen LogP contribution in [0.2, 0.25) is 5.02 Å². The highest BCUT2D eigenvalue weighted by atomic mass is 35.5. The molecule has 7 N–H and O–H groups in total. The molecule has 6 amide bonds. The van der Waals surface area contributed by atoms with Gasteiger partial charge in [-0.1, -0.05) is 94.5 Å². The van der Waals surface area contributed by atoms with Gasteiger partial charge in [0, 0.05) is 17.6 Å². The third-order valence-electron chi connectivity index (χ3n) is 10.1. The van der Waals surface area contributed by atoms with Crippen molar-refractivity contribution in [3.8, 4) is 0 Å². The van der Waals surface area contributed by atoms with Crippen LogP contribution in [0.1, 0.15) is 83.7 Å². The van der Waals surface area contributed by atoms with Crippen molar-refractivity contribution in [3.05, 3.63) is 65.2 Å². The smallest absolute Gasteiger partial charge is 0.407 e. The minimum Gasteiger partial charge on any atom is -0.449 e. The molecule has 59 heavy (non-hydrogen) atoms. The van der Waals surface area contributed by atoms with Crippen molar-refractivity contribution in [3.63, 3.8) is 0 Å². The molecule has 1 aliphatic heterocycles. The van der Waals surface area contributed by atoms with Gasteiger partial charge >= 0.3 is 6.09 Å². The van der Waals surface area contributed by atoms with Crippen molar-refractivity contribution in [1.82, 2.24) is 30.9 Å². The fourth-order valence-electron chi connectivity index (χ4n) is 7.18. The Morgan fingerprint density at radius 2 is 1.63 bits per heavy atom. The van der Waals surface area contributed by atoms with Crippen LogP contribution in [0.5, 0.6) is 0 Å². The second kappa shape index (κ2) is 21.8. The van der Waals surface area contributed by atoms with Gasteiger partial charge in [-0.2, -0.15) is 0 Å². The highest BCUT2D eigenvalue weighted by Crippen LogP contribution is 2.30. The fraction of sp³-hybridized carbons (Fsp3) is 0.525. The summed E-state index contributed by atoms with van der Waals surface area (Å²) in [4.78, 5) is 94.0. The minimum absolute atomic E-state index is 0.00137. The van der Waals surface area contributed by atoms with E-state index in [9.17, 15) is 42.0 Å². The molecule has 322 valence electrons. The van der Waals surface area contributed by atoms with Gasteiger partial charge in [0.05, 0.1) is 24.1 Å². The van der Waals surface area contributed by atoms with Gasteiger partial charge in [-0.15, -0.1) is 0 Å². The monoisotopic (exact) mass is 859 g/mol. The summed E-state index contributed by atoms with van der Waals surface area (Å²) < 4.78 is 34.8. The predicted molar refractivity (Wildman–Crippen MR) is 217 cm³/mol. The molecule has 1 heterocycles. The summed E-state index contributed by atoms with van der Waals surface area (Å²) in [6.07, 6.45) is 3.12. The lowest BCUT2D eigenvalue weighted by Crippen LogP contribution is -2.58. The fourth-order valence-corrected chi connectivity index (χ4v) is 8.72. The van der Waals surface area contributed by atoms with Crippen LogP contribution in [0.25, 0.3) is 0 Å². The molecule has 2 fully saturated rings. The second-order valence-electron chi connectivity index (χ2n) is 15.2. The van der Waals surface area contributed by atoms with Crippen molar-refractivity contribution in [2.24, 2.45) is 17.6 Å². The maximum absolute atomic E-state index is 14.6. The Bertz CT molecular complexity index is 1950. The number of Topliss-reactive ketones (excluding diaryl/α,β-unsaturated/α-hetero) is 1. The number of nitrogens with one attached hydrogen (secondary N) is 5. The number of amides is 6. The number of primary amides is 1. The maximum Gasteiger partial charge on any atom is 0.407 e. The number of rotatable bonds is 19. The largest absolute Gasteiger partial charge is 0.449 e. The third-order valence-corrected chi connectivity index (χ3v) is 11.8. The zero-order valence-electron chi connectivity index (χ0n) is 33.4. The summed E-state index contributed by atoms with van der Waals surface area (Å²) in [5.74, 6) is -5.66. The van der Waals surface area contributed by atoms with Crippen LogP contribution in [0.3, 0.4) is 0 Å². The van der Waals surface area contributed by atoms with E-state index in [1.807, 2.05) is 13.8 Å². The van der Waals surface area contributed by atoms with Crippen LogP contribution in [0.4, 0.5) is 4.79 Å². The Morgan fingerprint density at radius 3 is 2.25 bits per heavy atom. The highest BCUT2D eigenvalue weighted by Gasteiger charge is 2.46. The molecule has 0 bridgehead atoms. The van der Waals surface area contributed by atoms with Crippen molar-refractivity contribution < 1.29 is 46.7 Å². The number of carbonyl (C=O) groups excluding carboxylic acids is 7. The molecule has 0 aromatic heterocycles. The van der Waals surface area contributed by atoms with Gasteiger partial charge in [-0.25, -0.2) is 17.9 Å². The van der Waals surface area contributed by atoms with E-state index >= 15 is 0 Å². The average Bonchev–Trinajstić information content (AvgIpc) is 3.63. The zero-order chi connectivity index (χ0) is 43.3. The van der Waals surface area contributed by atoms with Gasteiger partial charge in [0.25, 0.3) is 5.91 Å².